The highest BCUT2D eigenvalue weighted by atomic mass is 31.2. The largest absolute Gasteiger partial charge is 0.472 e. The van der Waals surface area contributed by atoms with E-state index in [-0.39, 0.29) is 32.3 Å². The molecule has 0 aliphatic carbocycles. The van der Waals surface area contributed by atoms with Gasteiger partial charge in [-0.25, -0.2) is 4.57 Å². The van der Waals surface area contributed by atoms with Crippen molar-refractivity contribution in [1.82, 2.24) is 0 Å². The van der Waals surface area contributed by atoms with E-state index in [2.05, 4.69) is 74.6 Å². The Labute approximate surface area is 351 Å². The molecule has 9 heteroatoms. The number of allylic oxidation sites excluding steroid dienone is 10. The summed E-state index contributed by atoms with van der Waals surface area (Å²) in [5.41, 5.74) is 5.37. The maximum absolute atomic E-state index is 12.6. The van der Waals surface area contributed by atoms with Crippen molar-refractivity contribution in [3.8, 4) is 0 Å². The number of carbonyl (C=O) groups excluding carboxylic acids is 1. The lowest BCUT2D eigenvalue weighted by atomic mass is 10.0. The lowest BCUT2D eigenvalue weighted by Crippen LogP contribution is -2.28. The maximum atomic E-state index is 12.6. The van der Waals surface area contributed by atoms with Crippen LogP contribution >= 0.6 is 7.82 Å². The Morgan fingerprint density at radius 1 is 0.544 bits per heavy atom. The first-order valence-electron chi connectivity index (χ1n) is 23.3. The van der Waals surface area contributed by atoms with Gasteiger partial charge in [-0.05, 0) is 57.8 Å². The summed E-state index contributed by atoms with van der Waals surface area (Å²) in [7, 11) is -4.28. The van der Waals surface area contributed by atoms with Crippen LogP contribution in [-0.4, -0.2) is 49.9 Å². The summed E-state index contributed by atoms with van der Waals surface area (Å²) < 4.78 is 33.5. The molecule has 332 valence electrons. The molecule has 3 N–H and O–H groups in total. The molecule has 0 rings (SSSR count). The van der Waals surface area contributed by atoms with Crippen molar-refractivity contribution in [3.63, 3.8) is 0 Å². The van der Waals surface area contributed by atoms with Crippen molar-refractivity contribution >= 4 is 13.8 Å². The second-order valence-electron chi connectivity index (χ2n) is 15.2. The van der Waals surface area contributed by atoms with Crippen LogP contribution < -0.4 is 5.73 Å². The standard InChI is InChI=1S/C48H88NO7P/c1-3-5-7-9-11-13-15-17-19-20-21-22-23-24-25-26-27-28-30-32-34-36-38-40-43-53-45-47(46-55-57(51,52)54-44-42-49)56-48(50)41-39-37-35-33-31-29-18-16-14-12-10-8-6-4-2/h5,7,11,13,17,19,21-22,24-25,47H,3-4,6,8-10,12,14-16,18,20,23,26-46,49H2,1-2H3,(H,51,52)/b7-5-,13-11-,19-17-,22-21-,25-24-. The van der Waals surface area contributed by atoms with Gasteiger partial charge in [-0.1, -0.05) is 197 Å². The summed E-state index contributed by atoms with van der Waals surface area (Å²) in [6.45, 7) is 4.80. The fourth-order valence-corrected chi connectivity index (χ4v) is 7.08. The summed E-state index contributed by atoms with van der Waals surface area (Å²) in [4.78, 5) is 22.5. The molecule has 0 amide bonds. The molecule has 0 saturated heterocycles. The van der Waals surface area contributed by atoms with Crippen molar-refractivity contribution in [2.75, 3.05) is 33.0 Å². The van der Waals surface area contributed by atoms with Crippen molar-refractivity contribution in [3.05, 3.63) is 60.8 Å². The van der Waals surface area contributed by atoms with Gasteiger partial charge in [0.05, 0.1) is 19.8 Å². The van der Waals surface area contributed by atoms with Crippen LogP contribution in [0.4, 0.5) is 0 Å². The zero-order valence-corrected chi connectivity index (χ0v) is 37.7. The molecule has 57 heavy (non-hydrogen) atoms. The molecule has 0 radical (unpaired) electrons. The lowest BCUT2D eigenvalue weighted by molar-refractivity contribution is -0.154. The molecule has 0 fully saturated rings. The Morgan fingerprint density at radius 3 is 1.47 bits per heavy atom. The van der Waals surface area contributed by atoms with E-state index in [1.165, 1.54) is 109 Å². The molecule has 0 heterocycles. The van der Waals surface area contributed by atoms with E-state index < -0.39 is 13.9 Å². The first-order valence-corrected chi connectivity index (χ1v) is 24.8. The monoisotopic (exact) mass is 822 g/mol. The summed E-state index contributed by atoms with van der Waals surface area (Å²) in [6, 6.07) is 0. The molecule has 2 atom stereocenters. The third-order valence-electron chi connectivity index (χ3n) is 9.70. The molecule has 0 saturated carbocycles. The summed E-state index contributed by atoms with van der Waals surface area (Å²) >= 11 is 0. The second kappa shape index (κ2) is 45.3. The van der Waals surface area contributed by atoms with Crippen LogP contribution in [0, 0.1) is 0 Å². The van der Waals surface area contributed by atoms with E-state index in [0.717, 1.165) is 70.6 Å². The average molecular weight is 822 g/mol. The zero-order valence-electron chi connectivity index (χ0n) is 36.8. The number of nitrogens with two attached hydrogens (primary N) is 1. The van der Waals surface area contributed by atoms with Crippen molar-refractivity contribution < 1.29 is 32.8 Å². The molecular formula is C48H88NO7P. The fourth-order valence-electron chi connectivity index (χ4n) is 6.32. The number of esters is 1. The van der Waals surface area contributed by atoms with E-state index in [1.54, 1.807) is 0 Å². The number of hydrogen-bond acceptors (Lipinski definition) is 7. The summed E-state index contributed by atoms with van der Waals surface area (Å²) in [6.07, 6.45) is 55.3. The van der Waals surface area contributed by atoms with Crippen molar-refractivity contribution in [2.24, 2.45) is 5.73 Å². The number of ether oxygens (including phenoxy) is 2. The molecule has 0 spiro atoms. The Kier molecular flexibility index (Phi) is 43.9. The molecule has 0 aromatic rings. The SMILES string of the molecule is CC/C=C\C/C=C\C/C=C\C/C=C\C/C=C\CCCCCCCCCCOCC(COP(=O)(O)OCCN)OC(=O)CCCCCCCCCCCCCCCC. The second-order valence-corrected chi connectivity index (χ2v) is 16.7. The third-order valence-corrected chi connectivity index (χ3v) is 10.7. The quantitative estimate of drug-likeness (QED) is 0.0270. The lowest BCUT2D eigenvalue weighted by Gasteiger charge is -2.20. The molecule has 2 unspecified atom stereocenters. The van der Waals surface area contributed by atoms with Crippen LogP contribution in [0.15, 0.2) is 60.8 Å². The Morgan fingerprint density at radius 2 is 0.982 bits per heavy atom. The highest BCUT2D eigenvalue weighted by molar-refractivity contribution is 7.47. The third kappa shape index (κ3) is 45.1. The minimum Gasteiger partial charge on any atom is -0.457 e. The van der Waals surface area contributed by atoms with Gasteiger partial charge in [0.2, 0.25) is 0 Å². The number of phosphoric ester groups is 1. The highest BCUT2D eigenvalue weighted by Gasteiger charge is 2.25. The highest BCUT2D eigenvalue weighted by Crippen LogP contribution is 2.43. The van der Waals surface area contributed by atoms with Crippen LogP contribution in [-0.2, 0) is 27.9 Å². The van der Waals surface area contributed by atoms with E-state index >= 15 is 0 Å². The van der Waals surface area contributed by atoms with Crippen LogP contribution in [0.1, 0.15) is 200 Å². The van der Waals surface area contributed by atoms with Gasteiger partial charge in [-0.15, -0.1) is 0 Å². The number of unbranched alkanes of at least 4 members (excludes halogenated alkanes) is 21. The van der Waals surface area contributed by atoms with Gasteiger partial charge in [0.1, 0.15) is 6.10 Å². The van der Waals surface area contributed by atoms with Crippen molar-refractivity contribution in [1.29, 1.82) is 0 Å². The molecule has 0 aromatic carbocycles. The van der Waals surface area contributed by atoms with E-state index in [1.807, 2.05) is 0 Å². The van der Waals surface area contributed by atoms with Gasteiger partial charge < -0.3 is 20.1 Å². The number of carbonyl (C=O) groups is 1. The number of hydrogen-bond donors (Lipinski definition) is 2. The molecule has 0 aromatic heterocycles. The van der Waals surface area contributed by atoms with Gasteiger partial charge in [0.25, 0.3) is 0 Å². The smallest absolute Gasteiger partial charge is 0.457 e. The first kappa shape index (κ1) is 55.2. The predicted octanol–water partition coefficient (Wildman–Crippen LogP) is 14.1. The first-order chi connectivity index (χ1) is 27.9. The van der Waals surface area contributed by atoms with Gasteiger partial charge in [-0.2, -0.15) is 0 Å². The van der Waals surface area contributed by atoms with Crippen LogP contribution in [0.25, 0.3) is 0 Å². The van der Waals surface area contributed by atoms with Gasteiger partial charge in [0.15, 0.2) is 0 Å². The van der Waals surface area contributed by atoms with Crippen LogP contribution in [0.3, 0.4) is 0 Å². The molecule has 0 aliphatic heterocycles. The zero-order chi connectivity index (χ0) is 41.6. The fraction of sp³-hybridized carbons (Fsp3) is 0.771. The minimum absolute atomic E-state index is 0.0977. The van der Waals surface area contributed by atoms with E-state index in [9.17, 15) is 14.3 Å². The van der Waals surface area contributed by atoms with Crippen LogP contribution in [0.2, 0.25) is 0 Å². The van der Waals surface area contributed by atoms with Gasteiger partial charge >= 0.3 is 13.8 Å². The molecule has 8 nitrogen and oxygen atoms in total. The van der Waals surface area contributed by atoms with Crippen molar-refractivity contribution in [2.45, 2.75) is 206 Å². The summed E-state index contributed by atoms with van der Waals surface area (Å²) in [5, 5.41) is 0. The van der Waals surface area contributed by atoms with E-state index in [4.69, 9.17) is 24.3 Å². The topological polar surface area (TPSA) is 117 Å². The predicted molar refractivity (Wildman–Crippen MR) is 242 cm³/mol. The Hall–Kier alpha value is -1.80. The molecule has 0 aliphatic rings. The van der Waals surface area contributed by atoms with Gasteiger partial charge in [-0.3, -0.25) is 13.8 Å². The maximum Gasteiger partial charge on any atom is 0.472 e. The summed E-state index contributed by atoms with van der Waals surface area (Å²) in [5.74, 6) is -0.334. The number of rotatable bonds is 44. The van der Waals surface area contributed by atoms with Gasteiger partial charge in [0, 0.05) is 19.6 Å². The normalized spacial score (nSPS) is 14.0. The average Bonchev–Trinajstić information content (AvgIpc) is 3.20. The Bertz CT molecular complexity index is 1060. The number of phosphoric acid groups is 1. The minimum atomic E-state index is -4.28. The van der Waals surface area contributed by atoms with E-state index in [0.29, 0.717) is 13.0 Å². The molecule has 0 bridgehead atoms. The van der Waals surface area contributed by atoms with Crippen LogP contribution in [0.5, 0.6) is 0 Å². The Balaban J connectivity index is 3.99. The molecular weight excluding hydrogens is 734 g/mol.